The van der Waals surface area contributed by atoms with Crippen LogP contribution in [0.15, 0.2) is 60.8 Å². The van der Waals surface area contributed by atoms with E-state index in [2.05, 4.69) is 20.9 Å². The van der Waals surface area contributed by atoms with Crippen LogP contribution in [0.1, 0.15) is 48.6 Å². The fourth-order valence-corrected chi connectivity index (χ4v) is 5.65. The average molecular weight is 556 g/mol. The second-order valence-electron chi connectivity index (χ2n) is 11.7. The second kappa shape index (κ2) is 10.7. The van der Waals surface area contributed by atoms with Crippen LogP contribution in [0.3, 0.4) is 0 Å². The van der Waals surface area contributed by atoms with Gasteiger partial charge < -0.3 is 26.0 Å². The Kier molecular flexibility index (Phi) is 7.25. The minimum absolute atomic E-state index is 0.0665. The molecule has 1 unspecified atom stereocenters. The van der Waals surface area contributed by atoms with E-state index in [0.29, 0.717) is 24.3 Å². The summed E-state index contributed by atoms with van der Waals surface area (Å²) in [5, 5.41) is 17.2. The van der Waals surface area contributed by atoms with Crippen molar-refractivity contribution < 1.29 is 24.3 Å². The molecule has 0 bridgehead atoms. The van der Waals surface area contributed by atoms with Crippen molar-refractivity contribution in [2.24, 2.45) is 5.41 Å². The zero-order valence-corrected chi connectivity index (χ0v) is 23.3. The Morgan fingerprint density at radius 2 is 1.76 bits per heavy atom. The zero-order valence-electron chi connectivity index (χ0n) is 23.3. The van der Waals surface area contributed by atoms with E-state index in [9.17, 15) is 19.2 Å². The SMILES string of the molecule is CC(C)(C)C(=O)N(CC(=O)Nc1ccc2c(c1)CC1(C2)C(=O)Nc2ncccc21)Cc1ccccc1CNC(=O)O. The van der Waals surface area contributed by atoms with E-state index < -0.39 is 16.9 Å². The third-order valence-electron chi connectivity index (χ3n) is 7.64. The van der Waals surface area contributed by atoms with Crippen molar-refractivity contribution in [3.63, 3.8) is 0 Å². The summed E-state index contributed by atoms with van der Waals surface area (Å²) in [5.41, 5.74) is 3.55. The summed E-state index contributed by atoms with van der Waals surface area (Å²) < 4.78 is 0. The normalized spacial score (nSPS) is 17.0. The van der Waals surface area contributed by atoms with Gasteiger partial charge in [-0.25, -0.2) is 9.78 Å². The molecular formula is C31H33N5O5. The molecule has 0 saturated carbocycles. The predicted octanol–water partition coefficient (Wildman–Crippen LogP) is 3.85. The van der Waals surface area contributed by atoms with E-state index in [0.717, 1.165) is 27.8 Å². The number of carbonyl (C=O) groups excluding carboxylic acids is 3. The number of carbonyl (C=O) groups is 4. The van der Waals surface area contributed by atoms with Crippen molar-refractivity contribution in [2.75, 3.05) is 17.2 Å². The first kappa shape index (κ1) is 27.8. The van der Waals surface area contributed by atoms with Gasteiger partial charge in [-0.3, -0.25) is 14.4 Å². The van der Waals surface area contributed by atoms with Gasteiger partial charge in [0, 0.05) is 36.0 Å². The number of anilines is 2. The van der Waals surface area contributed by atoms with Gasteiger partial charge in [0.25, 0.3) is 0 Å². The molecule has 0 fully saturated rings. The average Bonchev–Trinajstić information content (AvgIpc) is 3.43. The van der Waals surface area contributed by atoms with E-state index in [1.54, 1.807) is 39.1 Å². The highest BCUT2D eigenvalue weighted by Gasteiger charge is 2.51. The van der Waals surface area contributed by atoms with Gasteiger partial charge in [0.05, 0.1) is 5.41 Å². The lowest BCUT2D eigenvalue weighted by atomic mass is 9.79. The number of nitrogens with zero attached hydrogens (tertiary/aromatic N) is 2. The number of hydrogen-bond donors (Lipinski definition) is 4. The van der Waals surface area contributed by atoms with E-state index in [1.807, 2.05) is 42.5 Å². The molecule has 4 amide bonds. The van der Waals surface area contributed by atoms with E-state index in [1.165, 1.54) is 4.90 Å². The molecule has 1 atom stereocenters. The van der Waals surface area contributed by atoms with Crippen molar-refractivity contribution >= 4 is 35.3 Å². The van der Waals surface area contributed by atoms with Crippen LogP contribution in [0.25, 0.3) is 0 Å². The third kappa shape index (κ3) is 5.63. The smallest absolute Gasteiger partial charge is 0.404 e. The number of hydrogen-bond acceptors (Lipinski definition) is 5. The Morgan fingerprint density at radius 1 is 1.02 bits per heavy atom. The Morgan fingerprint density at radius 3 is 2.49 bits per heavy atom. The number of pyridine rings is 1. The fourth-order valence-electron chi connectivity index (χ4n) is 5.65. The maximum atomic E-state index is 13.4. The number of rotatable bonds is 7. The maximum Gasteiger partial charge on any atom is 0.404 e. The van der Waals surface area contributed by atoms with Crippen LogP contribution < -0.4 is 16.0 Å². The molecule has 0 radical (unpaired) electrons. The molecule has 10 nitrogen and oxygen atoms in total. The molecular weight excluding hydrogens is 522 g/mol. The molecule has 1 aromatic heterocycles. The molecule has 10 heteroatoms. The van der Waals surface area contributed by atoms with Gasteiger partial charge in [0.2, 0.25) is 17.7 Å². The number of carboxylic acid groups (broad SMARTS) is 1. The lowest BCUT2D eigenvalue weighted by Crippen LogP contribution is -2.43. The highest BCUT2D eigenvalue weighted by molar-refractivity contribution is 6.06. The fraction of sp³-hybridized carbons (Fsp3) is 0.323. The quantitative estimate of drug-likeness (QED) is 0.349. The molecule has 0 saturated heterocycles. The monoisotopic (exact) mass is 555 g/mol. The van der Waals surface area contributed by atoms with Crippen molar-refractivity contribution in [1.29, 1.82) is 0 Å². The third-order valence-corrected chi connectivity index (χ3v) is 7.64. The van der Waals surface area contributed by atoms with Gasteiger partial charge >= 0.3 is 6.09 Å². The first-order valence-corrected chi connectivity index (χ1v) is 13.5. The summed E-state index contributed by atoms with van der Waals surface area (Å²) >= 11 is 0. The van der Waals surface area contributed by atoms with Gasteiger partial charge in [-0.05, 0) is 53.3 Å². The zero-order chi connectivity index (χ0) is 29.4. The Balaban J connectivity index is 1.32. The summed E-state index contributed by atoms with van der Waals surface area (Å²) in [6.45, 7) is 5.43. The first-order valence-electron chi connectivity index (χ1n) is 13.5. The molecule has 1 aliphatic carbocycles. The second-order valence-corrected chi connectivity index (χ2v) is 11.7. The van der Waals surface area contributed by atoms with E-state index in [4.69, 9.17) is 5.11 Å². The lowest BCUT2D eigenvalue weighted by Gasteiger charge is -2.30. The van der Waals surface area contributed by atoms with Crippen LogP contribution in [0.2, 0.25) is 0 Å². The summed E-state index contributed by atoms with van der Waals surface area (Å²) in [5.74, 6) is -0.0282. The molecule has 2 heterocycles. The summed E-state index contributed by atoms with van der Waals surface area (Å²) in [7, 11) is 0. The van der Waals surface area contributed by atoms with Crippen LogP contribution in [-0.2, 0) is 45.7 Å². The largest absolute Gasteiger partial charge is 0.465 e. The number of nitrogens with one attached hydrogen (secondary N) is 3. The molecule has 212 valence electrons. The van der Waals surface area contributed by atoms with Crippen LogP contribution >= 0.6 is 0 Å². The van der Waals surface area contributed by atoms with Crippen LogP contribution in [0.5, 0.6) is 0 Å². The van der Waals surface area contributed by atoms with Gasteiger partial charge in [-0.1, -0.05) is 57.2 Å². The van der Waals surface area contributed by atoms with Gasteiger partial charge in [0.1, 0.15) is 12.4 Å². The van der Waals surface area contributed by atoms with Crippen molar-refractivity contribution in [3.05, 3.63) is 88.6 Å². The van der Waals surface area contributed by atoms with Crippen molar-refractivity contribution in [3.8, 4) is 0 Å². The number of fused-ring (bicyclic) bond motifs is 3. The van der Waals surface area contributed by atoms with E-state index >= 15 is 0 Å². The maximum absolute atomic E-state index is 13.4. The van der Waals surface area contributed by atoms with E-state index in [-0.39, 0.29) is 37.4 Å². The summed E-state index contributed by atoms with van der Waals surface area (Å²) in [6.07, 6.45) is 1.58. The highest BCUT2D eigenvalue weighted by Crippen LogP contribution is 2.46. The van der Waals surface area contributed by atoms with Crippen molar-refractivity contribution in [2.45, 2.75) is 52.1 Å². The molecule has 41 heavy (non-hydrogen) atoms. The van der Waals surface area contributed by atoms with Crippen LogP contribution in [0.4, 0.5) is 16.3 Å². The molecule has 1 spiro atoms. The topological polar surface area (TPSA) is 141 Å². The van der Waals surface area contributed by atoms with Crippen LogP contribution in [-0.4, -0.2) is 45.3 Å². The van der Waals surface area contributed by atoms with Gasteiger partial charge in [-0.2, -0.15) is 0 Å². The highest BCUT2D eigenvalue weighted by atomic mass is 16.4. The molecule has 2 aliphatic rings. The molecule has 2 aromatic carbocycles. The summed E-state index contributed by atoms with van der Waals surface area (Å²) in [4.78, 5) is 56.4. The number of amides is 4. The van der Waals surface area contributed by atoms with Crippen molar-refractivity contribution in [1.82, 2.24) is 15.2 Å². The number of aromatic nitrogens is 1. The molecule has 3 aromatic rings. The Labute approximate surface area is 238 Å². The Bertz CT molecular complexity index is 1550. The molecule has 1 aliphatic heterocycles. The minimum atomic E-state index is -1.14. The van der Waals surface area contributed by atoms with Gasteiger partial charge in [0.15, 0.2) is 0 Å². The summed E-state index contributed by atoms with van der Waals surface area (Å²) in [6, 6.07) is 16.6. The van der Waals surface area contributed by atoms with Gasteiger partial charge in [-0.15, -0.1) is 0 Å². The Hall–Kier alpha value is -4.73. The number of benzene rings is 2. The lowest BCUT2D eigenvalue weighted by molar-refractivity contribution is -0.142. The van der Waals surface area contributed by atoms with Crippen LogP contribution in [0, 0.1) is 5.41 Å². The molecule has 5 rings (SSSR count). The predicted molar refractivity (Wildman–Crippen MR) is 153 cm³/mol. The molecule has 4 N–H and O–H groups in total. The first-order chi connectivity index (χ1) is 19.5. The standard InChI is InChI=1S/C31H33N5O5/c1-30(2,3)28(39)36(17-21-8-5-4-7-20(21)16-33-29(40)41)18-25(37)34-23-11-10-19-14-31(15-22(19)13-23)24-9-6-12-32-26(24)35-27(31)38/h4-13,33H,14-18H2,1-3H3,(H,34,37)(H,40,41)(H,32,35,38). The minimum Gasteiger partial charge on any atom is -0.465 e.